The average Bonchev–Trinajstić information content (AvgIpc) is 3.38. The maximum absolute atomic E-state index is 12.9. The minimum absolute atomic E-state index is 0.0406. The molecule has 0 radical (unpaired) electrons. The van der Waals surface area contributed by atoms with Crippen molar-refractivity contribution >= 4 is 5.91 Å². The van der Waals surface area contributed by atoms with Crippen molar-refractivity contribution in [3.63, 3.8) is 0 Å². The Labute approximate surface area is 156 Å². The Morgan fingerprint density at radius 3 is 2.65 bits per heavy atom. The first-order valence-electron chi connectivity index (χ1n) is 10.4. The number of nitrogens with zero attached hydrogens (tertiary/aromatic N) is 2. The fourth-order valence-electron chi connectivity index (χ4n) is 5.20. The van der Waals surface area contributed by atoms with Crippen molar-refractivity contribution in [1.82, 2.24) is 20.4 Å². The molecule has 1 saturated heterocycles. The normalized spacial score (nSPS) is 24.6. The average molecular weight is 361 g/mol. The van der Waals surface area contributed by atoms with E-state index in [1.165, 1.54) is 57.8 Å². The van der Waals surface area contributed by atoms with E-state index >= 15 is 0 Å². The molecule has 0 bridgehead atoms. The maximum atomic E-state index is 12.9. The van der Waals surface area contributed by atoms with E-state index in [0.29, 0.717) is 5.92 Å². The van der Waals surface area contributed by atoms with Gasteiger partial charge in [0.15, 0.2) is 0 Å². The number of rotatable bonds is 5. The van der Waals surface area contributed by atoms with E-state index < -0.39 is 0 Å². The molecule has 2 aliphatic carbocycles. The van der Waals surface area contributed by atoms with Gasteiger partial charge in [-0.15, -0.1) is 0 Å². The summed E-state index contributed by atoms with van der Waals surface area (Å²) in [4.78, 5) is 15.5. The zero-order valence-electron chi connectivity index (χ0n) is 15.8. The molecule has 1 aromatic heterocycles. The minimum atomic E-state index is 0.0406. The Hall–Kier alpha value is -1.40. The number of nitrogens with one attached hydrogen (secondary N) is 2. The largest absolute Gasteiger partial charge is 0.379 e. The topological polar surface area (TPSA) is 70.2 Å². The number of hydrogen-bond donors (Lipinski definition) is 2. The monoisotopic (exact) mass is 360 g/mol. The van der Waals surface area contributed by atoms with Crippen molar-refractivity contribution in [2.24, 2.45) is 0 Å². The molecular formula is C20H32N4O2. The van der Waals surface area contributed by atoms with Gasteiger partial charge in [0.25, 0.3) is 5.91 Å². The molecule has 26 heavy (non-hydrogen) atoms. The van der Waals surface area contributed by atoms with E-state index in [2.05, 4.69) is 20.4 Å². The smallest absolute Gasteiger partial charge is 0.254 e. The number of amides is 1. The predicted molar refractivity (Wildman–Crippen MR) is 100 cm³/mol. The molecule has 0 atom stereocenters. The number of aromatic nitrogens is 2. The van der Waals surface area contributed by atoms with Gasteiger partial charge in [-0.25, -0.2) is 0 Å². The number of hydrogen-bond acceptors (Lipinski definition) is 4. The molecular weight excluding hydrogens is 328 g/mol. The quantitative estimate of drug-likeness (QED) is 0.847. The third-order valence-corrected chi connectivity index (χ3v) is 6.72. The fourth-order valence-corrected chi connectivity index (χ4v) is 5.20. The van der Waals surface area contributed by atoms with Crippen LogP contribution in [0.2, 0.25) is 0 Å². The maximum Gasteiger partial charge on any atom is 0.254 e. The Morgan fingerprint density at radius 2 is 1.92 bits per heavy atom. The van der Waals surface area contributed by atoms with Crippen LogP contribution in [0.5, 0.6) is 0 Å². The number of carbonyl (C=O) groups is 1. The van der Waals surface area contributed by atoms with Gasteiger partial charge in [-0.1, -0.05) is 32.1 Å². The Morgan fingerprint density at radius 1 is 1.19 bits per heavy atom. The van der Waals surface area contributed by atoms with Crippen molar-refractivity contribution < 1.29 is 9.53 Å². The van der Waals surface area contributed by atoms with Gasteiger partial charge in [0.2, 0.25) is 0 Å². The van der Waals surface area contributed by atoms with E-state index in [1.807, 2.05) is 0 Å². The molecule has 6 heteroatoms. The zero-order chi connectivity index (χ0) is 17.8. The summed E-state index contributed by atoms with van der Waals surface area (Å²) in [6.45, 7) is 4.32. The van der Waals surface area contributed by atoms with Crippen molar-refractivity contribution in [3.05, 3.63) is 17.5 Å². The lowest BCUT2D eigenvalue weighted by Crippen LogP contribution is -2.57. The van der Waals surface area contributed by atoms with Crippen LogP contribution in [0.25, 0.3) is 0 Å². The van der Waals surface area contributed by atoms with Crippen LogP contribution >= 0.6 is 0 Å². The van der Waals surface area contributed by atoms with Crippen LogP contribution in [0.3, 0.4) is 0 Å². The van der Waals surface area contributed by atoms with Crippen LogP contribution in [0.15, 0.2) is 6.20 Å². The molecule has 4 rings (SSSR count). The summed E-state index contributed by atoms with van der Waals surface area (Å²) in [5.41, 5.74) is 1.93. The fraction of sp³-hybridized carbons (Fsp3) is 0.800. The van der Waals surface area contributed by atoms with E-state index in [-0.39, 0.29) is 11.4 Å². The van der Waals surface area contributed by atoms with Crippen molar-refractivity contribution in [2.45, 2.75) is 69.2 Å². The molecule has 1 amide bonds. The van der Waals surface area contributed by atoms with Gasteiger partial charge < -0.3 is 10.1 Å². The van der Waals surface area contributed by atoms with E-state index in [0.717, 1.165) is 44.1 Å². The summed E-state index contributed by atoms with van der Waals surface area (Å²) in [5.74, 6) is 0.505. The molecule has 2 saturated carbocycles. The highest BCUT2D eigenvalue weighted by atomic mass is 16.5. The number of morpholine rings is 1. The summed E-state index contributed by atoms with van der Waals surface area (Å²) < 4.78 is 5.53. The van der Waals surface area contributed by atoms with Crippen LogP contribution in [-0.2, 0) is 4.74 Å². The van der Waals surface area contributed by atoms with Gasteiger partial charge in [0.05, 0.1) is 30.7 Å². The molecule has 2 heterocycles. The molecule has 1 aliphatic heterocycles. The van der Waals surface area contributed by atoms with Gasteiger partial charge in [-0.2, -0.15) is 5.10 Å². The highest BCUT2D eigenvalue weighted by Gasteiger charge is 2.40. The second kappa shape index (κ2) is 8.09. The van der Waals surface area contributed by atoms with Crippen LogP contribution in [-0.4, -0.2) is 59.4 Å². The third kappa shape index (κ3) is 3.67. The van der Waals surface area contributed by atoms with E-state index in [9.17, 15) is 4.79 Å². The molecule has 144 valence electrons. The lowest BCUT2D eigenvalue weighted by molar-refractivity contribution is -0.0199. The van der Waals surface area contributed by atoms with Crippen molar-refractivity contribution in [2.75, 3.05) is 32.8 Å². The second-order valence-corrected chi connectivity index (χ2v) is 8.25. The van der Waals surface area contributed by atoms with Crippen molar-refractivity contribution in [1.29, 1.82) is 0 Å². The molecule has 1 aromatic rings. The SMILES string of the molecule is O=C(NCC1(N2CCOCC2)CCCC1)c1cn[nH]c1C1CCCCC1. The third-order valence-electron chi connectivity index (χ3n) is 6.72. The first-order chi connectivity index (χ1) is 12.8. The number of carbonyl (C=O) groups excluding carboxylic acids is 1. The highest BCUT2D eigenvalue weighted by Crippen LogP contribution is 2.36. The second-order valence-electron chi connectivity index (χ2n) is 8.25. The van der Waals surface area contributed by atoms with Gasteiger partial charge in [-0.05, 0) is 25.7 Å². The molecule has 3 fully saturated rings. The number of H-pyrrole nitrogens is 1. The van der Waals surface area contributed by atoms with Crippen molar-refractivity contribution in [3.8, 4) is 0 Å². The summed E-state index contributed by atoms with van der Waals surface area (Å²) in [6, 6.07) is 0. The standard InChI is InChI=1S/C20H32N4O2/c25-19(17-14-22-23-18(17)16-6-2-1-3-7-16)21-15-20(8-4-5-9-20)24-10-12-26-13-11-24/h14,16H,1-13,15H2,(H,21,25)(H,22,23). The lowest BCUT2D eigenvalue weighted by atomic mass is 9.85. The lowest BCUT2D eigenvalue weighted by Gasteiger charge is -2.43. The Balaban J connectivity index is 1.42. The number of aromatic amines is 1. The summed E-state index contributed by atoms with van der Waals surface area (Å²) in [6.07, 6.45) is 12.7. The van der Waals surface area contributed by atoms with Gasteiger partial charge in [0, 0.05) is 31.1 Å². The van der Waals surface area contributed by atoms with Crippen LogP contribution in [0.4, 0.5) is 0 Å². The van der Waals surface area contributed by atoms with Crippen LogP contribution < -0.4 is 5.32 Å². The van der Waals surface area contributed by atoms with Gasteiger partial charge in [0.1, 0.15) is 0 Å². The molecule has 3 aliphatic rings. The minimum Gasteiger partial charge on any atom is -0.379 e. The first kappa shape index (κ1) is 18.0. The molecule has 2 N–H and O–H groups in total. The summed E-state index contributed by atoms with van der Waals surface area (Å²) in [7, 11) is 0. The molecule has 6 nitrogen and oxygen atoms in total. The number of ether oxygens (including phenoxy) is 1. The van der Waals surface area contributed by atoms with Crippen LogP contribution in [0, 0.1) is 0 Å². The van der Waals surface area contributed by atoms with E-state index in [1.54, 1.807) is 6.20 Å². The highest BCUT2D eigenvalue weighted by molar-refractivity contribution is 5.95. The predicted octanol–water partition coefficient (Wildman–Crippen LogP) is 2.83. The molecule has 0 spiro atoms. The van der Waals surface area contributed by atoms with E-state index in [4.69, 9.17) is 4.74 Å². The van der Waals surface area contributed by atoms with Crippen LogP contribution in [0.1, 0.15) is 79.8 Å². The Kier molecular flexibility index (Phi) is 5.60. The molecule has 0 aromatic carbocycles. The Bertz CT molecular complexity index is 597. The van der Waals surface area contributed by atoms with Gasteiger partial charge >= 0.3 is 0 Å². The summed E-state index contributed by atoms with van der Waals surface area (Å²) >= 11 is 0. The molecule has 0 unspecified atom stereocenters. The first-order valence-corrected chi connectivity index (χ1v) is 10.4. The zero-order valence-corrected chi connectivity index (χ0v) is 15.8. The van der Waals surface area contributed by atoms with Gasteiger partial charge in [-0.3, -0.25) is 14.8 Å². The summed E-state index contributed by atoms with van der Waals surface area (Å²) in [5, 5.41) is 10.6.